The van der Waals surface area contributed by atoms with E-state index in [9.17, 15) is 5.11 Å². The second kappa shape index (κ2) is 12.6. The minimum absolute atomic E-state index is 0.0529. The van der Waals surface area contributed by atoms with Crippen molar-refractivity contribution in [1.29, 1.82) is 0 Å². The van der Waals surface area contributed by atoms with Gasteiger partial charge in [0.2, 0.25) is 0 Å². The first kappa shape index (κ1) is 27.3. The molecule has 0 amide bonds. The van der Waals surface area contributed by atoms with Crippen LogP contribution in [0.25, 0.3) is 0 Å². The highest BCUT2D eigenvalue weighted by Crippen LogP contribution is 2.41. The minimum Gasteiger partial charge on any atom is -0.493 e. The first-order valence-corrected chi connectivity index (χ1v) is 13.7. The van der Waals surface area contributed by atoms with Crippen LogP contribution in [0.15, 0.2) is 36.4 Å². The number of ether oxygens (including phenoxy) is 1. The van der Waals surface area contributed by atoms with Crippen molar-refractivity contribution in [2.75, 3.05) is 13.2 Å². The first-order chi connectivity index (χ1) is 16.9. The molecule has 3 heteroatoms. The fourth-order valence-electron chi connectivity index (χ4n) is 5.49. The van der Waals surface area contributed by atoms with Crippen molar-refractivity contribution in [3.05, 3.63) is 64.2 Å². The molecule has 1 aliphatic carbocycles. The van der Waals surface area contributed by atoms with Crippen LogP contribution in [0, 0.1) is 25.7 Å². The van der Waals surface area contributed by atoms with Gasteiger partial charge in [0.05, 0.1) is 6.61 Å². The van der Waals surface area contributed by atoms with Gasteiger partial charge in [-0.25, -0.2) is 0 Å². The highest BCUT2D eigenvalue weighted by molar-refractivity contribution is 5.50. The fraction of sp³-hybridized carbons (Fsp3) is 0.562. The molecule has 0 aromatic heterocycles. The van der Waals surface area contributed by atoms with Gasteiger partial charge < -0.3 is 15.6 Å². The van der Waals surface area contributed by atoms with E-state index in [0.717, 1.165) is 82.3 Å². The van der Waals surface area contributed by atoms with Crippen molar-refractivity contribution < 1.29 is 9.84 Å². The molecule has 0 aliphatic heterocycles. The topological polar surface area (TPSA) is 55.5 Å². The molecule has 0 radical (unpaired) electrons. The lowest BCUT2D eigenvalue weighted by Crippen LogP contribution is -2.29. The maximum absolute atomic E-state index is 10.8. The average Bonchev–Trinajstić information content (AvgIpc) is 2.86. The summed E-state index contributed by atoms with van der Waals surface area (Å²) in [5.74, 6) is 7.48. The van der Waals surface area contributed by atoms with Gasteiger partial charge >= 0.3 is 0 Å². The van der Waals surface area contributed by atoms with Crippen LogP contribution in [-0.4, -0.2) is 23.9 Å². The van der Waals surface area contributed by atoms with Gasteiger partial charge in [-0.2, -0.15) is 0 Å². The van der Waals surface area contributed by atoms with Crippen LogP contribution in [0.2, 0.25) is 0 Å². The Kier molecular flexibility index (Phi) is 9.84. The molecule has 1 aliphatic rings. The van der Waals surface area contributed by atoms with Gasteiger partial charge in [0.1, 0.15) is 11.4 Å². The summed E-state index contributed by atoms with van der Waals surface area (Å²) in [5, 5.41) is 10.8. The van der Waals surface area contributed by atoms with E-state index in [1.807, 2.05) is 0 Å². The molecule has 0 saturated heterocycles. The molecule has 3 N–H and O–H groups in total. The minimum atomic E-state index is -0.814. The molecule has 3 rings (SSSR count). The Bertz CT molecular complexity index is 1020. The molecule has 2 aromatic rings. The maximum atomic E-state index is 10.8. The molecule has 0 heterocycles. The van der Waals surface area contributed by atoms with Crippen LogP contribution < -0.4 is 10.5 Å². The van der Waals surface area contributed by atoms with Crippen molar-refractivity contribution in [2.45, 2.75) is 103 Å². The molecular formula is C32H45NO2. The highest BCUT2D eigenvalue weighted by atomic mass is 16.5. The lowest BCUT2D eigenvalue weighted by Gasteiger charge is -2.34. The summed E-state index contributed by atoms with van der Waals surface area (Å²) in [7, 11) is 0. The third kappa shape index (κ3) is 6.69. The van der Waals surface area contributed by atoms with Gasteiger partial charge in [-0.1, -0.05) is 56.4 Å². The summed E-state index contributed by atoms with van der Waals surface area (Å²) >= 11 is 0. The Morgan fingerprint density at radius 2 is 1.57 bits per heavy atom. The third-order valence-corrected chi connectivity index (χ3v) is 7.93. The van der Waals surface area contributed by atoms with Crippen LogP contribution in [0.4, 0.5) is 0 Å². The standard InChI is InChI=1S/C32H45NO2/c1-5-32(6-2,29-15-16-30(26(4)24-29)35-22-12-8-11-21-33)28-14-13-27(25(3)23-28)17-20-31(34)18-9-7-10-19-31/h13-16,23-24,34H,5-12,18-19,21-22,33H2,1-4H3. The van der Waals surface area contributed by atoms with Gasteiger partial charge in [-0.15, -0.1) is 0 Å². The predicted molar refractivity (Wildman–Crippen MR) is 147 cm³/mol. The molecule has 3 nitrogen and oxygen atoms in total. The molecule has 35 heavy (non-hydrogen) atoms. The van der Waals surface area contributed by atoms with E-state index in [2.05, 4.69) is 75.9 Å². The number of hydrogen-bond donors (Lipinski definition) is 2. The normalized spacial score (nSPS) is 15.4. The van der Waals surface area contributed by atoms with E-state index < -0.39 is 5.60 Å². The molecule has 190 valence electrons. The highest BCUT2D eigenvalue weighted by Gasteiger charge is 2.31. The number of hydrogen-bond acceptors (Lipinski definition) is 3. The quantitative estimate of drug-likeness (QED) is 0.288. The van der Waals surface area contributed by atoms with Gasteiger partial charge in [0.25, 0.3) is 0 Å². The van der Waals surface area contributed by atoms with Crippen molar-refractivity contribution in [1.82, 2.24) is 0 Å². The van der Waals surface area contributed by atoms with Crippen molar-refractivity contribution in [3.63, 3.8) is 0 Å². The number of benzene rings is 2. The smallest absolute Gasteiger partial charge is 0.125 e. The Hall–Kier alpha value is -2.28. The number of unbranched alkanes of at least 4 members (excludes halogenated alkanes) is 2. The molecule has 0 bridgehead atoms. The van der Waals surface area contributed by atoms with E-state index in [1.54, 1.807) is 0 Å². The number of aryl methyl sites for hydroxylation is 2. The Morgan fingerprint density at radius 1 is 0.914 bits per heavy atom. The van der Waals surface area contributed by atoms with Crippen LogP contribution in [-0.2, 0) is 5.41 Å². The Morgan fingerprint density at radius 3 is 2.17 bits per heavy atom. The second-order valence-electron chi connectivity index (χ2n) is 10.3. The monoisotopic (exact) mass is 475 g/mol. The average molecular weight is 476 g/mol. The van der Waals surface area contributed by atoms with Crippen LogP contribution in [0.1, 0.15) is 106 Å². The zero-order chi connectivity index (χ0) is 25.3. The SMILES string of the molecule is CCC(CC)(c1ccc(C#CC2(O)CCCCC2)c(C)c1)c1ccc(OCCCCCN)c(C)c1. The maximum Gasteiger partial charge on any atom is 0.125 e. The van der Waals surface area contributed by atoms with E-state index in [1.165, 1.54) is 28.7 Å². The Labute approximate surface area is 213 Å². The van der Waals surface area contributed by atoms with Crippen molar-refractivity contribution >= 4 is 0 Å². The summed E-state index contributed by atoms with van der Waals surface area (Å²) in [4.78, 5) is 0. The van der Waals surface area contributed by atoms with Crippen LogP contribution >= 0.6 is 0 Å². The number of nitrogens with two attached hydrogens (primary N) is 1. The van der Waals surface area contributed by atoms with Crippen molar-refractivity contribution in [2.24, 2.45) is 5.73 Å². The fourth-order valence-corrected chi connectivity index (χ4v) is 5.49. The first-order valence-electron chi connectivity index (χ1n) is 13.7. The largest absolute Gasteiger partial charge is 0.493 e. The summed E-state index contributed by atoms with van der Waals surface area (Å²) < 4.78 is 6.07. The molecule has 0 spiro atoms. The predicted octanol–water partition coefficient (Wildman–Crippen LogP) is 6.96. The van der Waals surface area contributed by atoms with E-state index >= 15 is 0 Å². The zero-order valence-electron chi connectivity index (χ0n) is 22.4. The van der Waals surface area contributed by atoms with Crippen LogP contribution in [0.5, 0.6) is 5.75 Å². The molecular weight excluding hydrogens is 430 g/mol. The summed E-state index contributed by atoms with van der Waals surface area (Å²) in [6, 6.07) is 13.4. The number of rotatable bonds is 10. The molecule has 0 atom stereocenters. The molecule has 2 aromatic carbocycles. The van der Waals surface area contributed by atoms with Crippen molar-refractivity contribution in [3.8, 4) is 17.6 Å². The molecule has 1 fully saturated rings. The van der Waals surface area contributed by atoms with Gasteiger partial charge in [-0.05, 0) is 113 Å². The van der Waals surface area contributed by atoms with E-state index in [4.69, 9.17) is 10.5 Å². The van der Waals surface area contributed by atoms with Gasteiger partial charge in [0.15, 0.2) is 0 Å². The van der Waals surface area contributed by atoms with E-state index in [-0.39, 0.29) is 5.41 Å². The van der Waals surface area contributed by atoms with Gasteiger partial charge in [0, 0.05) is 11.0 Å². The van der Waals surface area contributed by atoms with E-state index in [0.29, 0.717) is 0 Å². The van der Waals surface area contributed by atoms with Crippen LogP contribution in [0.3, 0.4) is 0 Å². The van der Waals surface area contributed by atoms with Gasteiger partial charge in [-0.3, -0.25) is 0 Å². The zero-order valence-corrected chi connectivity index (χ0v) is 22.4. The Balaban J connectivity index is 1.83. The lowest BCUT2D eigenvalue weighted by molar-refractivity contribution is 0.0610. The lowest BCUT2D eigenvalue weighted by atomic mass is 9.70. The summed E-state index contributed by atoms with van der Waals surface area (Å²) in [6.45, 7) is 10.3. The molecule has 1 saturated carbocycles. The second-order valence-corrected chi connectivity index (χ2v) is 10.3. The summed E-state index contributed by atoms with van der Waals surface area (Å²) in [5.41, 5.74) is 10.8. The molecule has 0 unspecified atom stereocenters. The summed E-state index contributed by atoms with van der Waals surface area (Å²) in [6.07, 6.45) is 10.2. The number of aliphatic hydroxyl groups is 1. The third-order valence-electron chi connectivity index (χ3n) is 7.93.